The number of carbonyl (C=O) groups is 1. The van der Waals surface area contributed by atoms with E-state index in [9.17, 15) is 4.79 Å². The van der Waals surface area contributed by atoms with Crippen LogP contribution < -0.4 is 0 Å². The third-order valence-corrected chi connectivity index (χ3v) is 6.03. The van der Waals surface area contributed by atoms with Gasteiger partial charge in [-0.1, -0.05) is 79.1 Å². The highest BCUT2D eigenvalue weighted by atomic mass is 35.5. The Morgan fingerprint density at radius 1 is 1.11 bits per heavy atom. The average Bonchev–Trinajstić information content (AvgIpc) is 3.01. The number of thioether (sulfide) groups is 1. The molecule has 0 spiro atoms. The van der Waals surface area contributed by atoms with E-state index in [0.717, 1.165) is 11.1 Å². The van der Waals surface area contributed by atoms with E-state index in [1.165, 1.54) is 11.8 Å². The molecule has 0 unspecified atom stereocenters. The number of ketones is 1. The van der Waals surface area contributed by atoms with Crippen molar-refractivity contribution in [3.8, 4) is 11.4 Å². The van der Waals surface area contributed by atoms with E-state index in [1.54, 1.807) is 19.1 Å². The number of aromatic nitrogens is 3. The number of Topliss-reactive ketones (excluding diaryl/α,β-unsaturated/α-hetero) is 1. The summed E-state index contributed by atoms with van der Waals surface area (Å²) < 4.78 is 2.03. The first-order chi connectivity index (χ1) is 13.4. The standard InChI is InChI=1S/C21H21Cl2N3OS/c1-13(2)12-26-20(17-10-9-16(22)11-18(17)23)24-25-21(26)28-19(14(3)27)15-7-5-4-6-8-15/h4-11,13,19H,12H2,1-3H3/t19-/m1/s1. The number of hydrogen-bond donors (Lipinski definition) is 0. The van der Waals surface area contributed by atoms with Crippen LogP contribution in [0.4, 0.5) is 0 Å². The molecule has 0 amide bonds. The van der Waals surface area contributed by atoms with Crippen molar-refractivity contribution in [2.24, 2.45) is 5.92 Å². The molecule has 0 aliphatic carbocycles. The summed E-state index contributed by atoms with van der Waals surface area (Å²) in [6.07, 6.45) is 0. The van der Waals surface area contributed by atoms with Crippen LogP contribution in [-0.2, 0) is 11.3 Å². The Labute approximate surface area is 179 Å². The molecule has 3 rings (SSSR count). The van der Waals surface area contributed by atoms with Gasteiger partial charge in [-0.2, -0.15) is 0 Å². The summed E-state index contributed by atoms with van der Waals surface area (Å²) in [6, 6.07) is 15.0. The van der Waals surface area contributed by atoms with E-state index in [4.69, 9.17) is 23.2 Å². The lowest BCUT2D eigenvalue weighted by Gasteiger charge is -2.17. The molecule has 0 aliphatic rings. The maximum Gasteiger partial charge on any atom is 0.192 e. The molecule has 0 saturated heterocycles. The maximum absolute atomic E-state index is 12.3. The Morgan fingerprint density at radius 3 is 2.43 bits per heavy atom. The quantitative estimate of drug-likeness (QED) is 0.408. The van der Waals surface area contributed by atoms with Crippen LogP contribution in [0.1, 0.15) is 31.6 Å². The van der Waals surface area contributed by atoms with E-state index in [-0.39, 0.29) is 11.0 Å². The van der Waals surface area contributed by atoms with E-state index in [0.29, 0.717) is 33.5 Å². The molecular weight excluding hydrogens is 413 g/mol. The Balaban J connectivity index is 2.03. The van der Waals surface area contributed by atoms with E-state index in [2.05, 4.69) is 24.0 Å². The summed E-state index contributed by atoms with van der Waals surface area (Å²) in [7, 11) is 0. The van der Waals surface area contributed by atoms with Crippen LogP contribution in [0, 0.1) is 5.92 Å². The van der Waals surface area contributed by atoms with Crippen molar-refractivity contribution >= 4 is 40.7 Å². The molecule has 1 aromatic heterocycles. The maximum atomic E-state index is 12.3. The van der Waals surface area contributed by atoms with Crippen molar-refractivity contribution in [2.75, 3.05) is 0 Å². The number of benzene rings is 2. The molecule has 28 heavy (non-hydrogen) atoms. The van der Waals surface area contributed by atoms with Gasteiger partial charge in [-0.3, -0.25) is 4.79 Å². The van der Waals surface area contributed by atoms with Crippen LogP contribution in [-0.4, -0.2) is 20.5 Å². The Kier molecular flexibility index (Phi) is 6.81. The van der Waals surface area contributed by atoms with Gasteiger partial charge in [0.25, 0.3) is 0 Å². The van der Waals surface area contributed by atoms with Crippen LogP contribution in [0.25, 0.3) is 11.4 Å². The number of halogens is 2. The largest absolute Gasteiger partial charge is 0.302 e. The molecule has 2 aromatic carbocycles. The molecule has 146 valence electrons. The Hall–Kier alpha value is -1.82. The van der Waals surface area contributed by atoms with Gasteiger partial charge >= 0.3 is 0 Å². The number of rotatable bonds is 7. The summed E-state index contributed by atoms with van der Waals surface area (Å²) in [5, 5.41) is 10.2. The summed E-state index contributed by atoms with van der Waals surface area (Å²) >= 11 is 13.9. The monoisotopic (exact) mass is 433 g/mol. The molecule has 3 aromatic rings. The summed E-state index contributed by atoms with van der Waals surface area (Å²) in [5.74, 6) is 1.11. The van der Waals surface area contributed by atoms with Gasteiger partial charge in [0.05, 0.1) is 10.3 Å². The smallest absolute Gasteiger partial charge is 0.192 e. The lowest BCUT2D eigenvalue weighted by Crippen LogP contribution is -2.11. The molecule has 0 radical (unpaired) electrons. The SMILES string of the molecule is CC(=O)[C@@H](Sc1nnc(-c2ccc(Cl)cc2Cl)n1CC(C)C)c1ccccc1. The average molecular weight is 434 g/mol. The zero-order chi connectivity index (χ0) is 20.3. The number of nitrogens with zero attached hydrogens (tertiary/aromatic N) is 3. The minimum absolute atomic E-state index is 0.0707. The molecule has 0 aliphatic heterocycles. The second-order valence-corrected chi connectivity index (χ2v) is 8.87. The predicted octanol–water partition coefficient (Wildman–Crippen LogP) is 6.33. The summed E-state index contributed by atoms with van der Waals surface area (Å²) in [6.45, 7) is 6.57. The molecule has 1 heterocycles. The summed E-state index contributed by atoms with van der Waals surface area (Å²) in [5.41, 5.74) is 1.72. The second-order valence-electron chi connectivity index (χ2n) is 6.95. The third kappa shape index (κ3) is 4.77. The van der Waals surface area contributed by atoms with Crippen molar-refractivity contribution in [1.82, 2.24) is 14.8 Å². The van der Waals surface area contributed by atoms with Gasteiger partial charge in [0, 0.05) is 17.1 Å². The normalized spacial score (nSPS) is 12.4. The lowest BCUT2D eigenvalue weighted by molar-refractivity contribution is -0.116. The highest BCUT2D eigenvalue weighted by Crippen LogP contribution is 2.38. The molecule has 7 heteroatoms. The minimum Gasteiger partial charge on any atom is -0.302 e. The fourth-order valence-electron chi connectivity index (χ4n) is 2.89. The molecule has 0 N–H and O–H groups in total. The zero-order valence-corrected chi connectivity index (χ0v) is 18.2. The first-order valence-corrected chi connectivity index (χ1v) is 10.6. The van der Waals surface area contributed by atoms with E-state index >= 15 is 0 Å². The molecule has 0 saturated carbocycles. The lowest BCUT2D eigenvalue weighted by atomic mass is 10.1. The number of carbonyl (C=O) groups excluding carboxylic acids is 1. The van der Waals surface area contributed by atoms with Gasteiger partial charge in [0.1, 0.15) is 5.78 Å². The van der Waals surface area contributed by atoms with Crippen molar-refractivity contribution in [3.05, 3.63) is 64.1 Å². The highest BCUT2D eigenvalue weighted by Gasteiger charge is 2.24. The van der Waals surface area contributed by atoms with Crippen LogP contribution in [0.3, 0.4) is 0 Å². The molecule has 4 nitrogen and oxygen atoms in total. The fourth-order valence-corrected chi connectivity index (χ4v) is 4.43. The van der Waals surface area contributed by atoms with Crippen LogP contribution in [0.5, 0.6) is 0 Å². The molecule has 1 atom stereocenters. The molecular formula is C21H21Cl2N3OS. The zero-order valence-electron chi connectivity index (χ0n) is 15.9. The van der Waals surface area contributed by atoms with Crippen LogP contribution >= 0.6 is 35.0 Å². The summed E-state index contributed by atoms with van der Waals surface area (Å²) in [4.78, 5) is 12.3. The fraction of sp³-hybridized carbons (Fsp3) is 0.286. The van der Waals surface area contributed by atoms with Gasteiger partial charge in [0.15, 0.2) is 11.0 Å². The Bertz CT molecular complexity index is 973. The van der Waals surface area contributed by atoms with Gasteiger partial charge in [-0.05, 0) is 36.6 Å². The van der Waals surface area contributed by atoms with Gasteiger partial charge < -0.3 is 4.57 Å². The van der Waals surface area contributed by atoms with Crippen molar-refractivity contribution < 1.29 is 4.79 Å². The molecule has 0 bridgehead atoms. The topological polar surface area (TPSA) is 47.8 Å². The van der Waals surface area contributed by atoms with Gasteiger partial charge in [-0.25, -0.2) is 0 Å². The third-order valence-electron chi connectivity index (χ3n) is 4.13. The number of hydrogen-bond acceptors (Lipinski definition) is 4. The van der Waals surface area contributed by atoms with Crippen molar-refractivity contribution in [1.29, 1.82) is 0 Å². The van der Waals surface area contributed by atoms with Crippen molar-refractivity contribution in [2.45, 2.75) is 37.7 Å². The van der Waals surface area contributed by atoms with E-state index in [1.807, 2.05) is 41.0 Å². The van der Waals surface area contributed by atoms with Gasteiger partial charge in [-0.15, -0.1) is 10.2 Å². The van der Waals surface area contributed by atoms with Crippen molar-refractivity contribution in [3.63, 3.8) is 0 Å². The Morgan fingerprint density at radius 2 is 1.82 bits per heavy atom. The van der Waals surface area contributed by atoms with Crippen LogP contribution in [0.15, 0.2) is 53.7 Å². The first kappa shape index (κ1) is 20.9. The minimum atomic E-state index is -0.343. The highest BCUT2D eigenvalue weighted by molar-refractivity contribution is 8.00. The first-order valence-electron chi connectivity index (χ1n) is 8.97. The van der Waals surface area contributed by atoms with E-state index < -0.39 is 0 Å². The van der Waals surface area contributed by atoms with Crippen LogP contribution in [0.2, 0.25) is 10.0 Å². The molecule has 0 fully saturated rings. The predicted molar refractivity (Wildman–Crippen MR) is 116 cm³/mol. The second kappa shape index (κ2) is 9.12. The van der Waals surface area contributed by atoms with Gasteiger partial charge in [0.2, 0.25) is 0 Å².